The normalized spacial score (nSPS) is 21.6. The van der Waals surface area contributed by atoms with E-state index in [0.29, 0.717) is 12.3 Å². The second-order valence-electron chi connectivity index (χ2n) is 7.50. The predicted molar refractivity (Wildman–Crippen MR) is 101 cm³/mol. The number of likely N-dealkylation sites (tertiary alicyclic amines) is 1. The van der Waals surface area contributed by atoms with Gasteiger partial charge < -0.3 is 14.5 Å². The summed E-state index contributed by atoms with van der Waals surface area (Å²) in [5.74, 6) is 0.795. The summed E-state index contributed by atoms with van der Waals surface area (Å²) >= 11 is 0. The molecule has 7 nitrogen and oxygen atoms in total. The number of hydrogen-bond acceptors (Lipinski definition) is 6. The predicted octanol–water partition coefficient (Wildman–Crippen LogP) is 2.02. The molecule has 2 aliphatic rings. The lowest BCUT2D eigenvalue weighted by Gasteiger charge is -2.39. The van der Waals surface area contributed by atoms with Crippen molar-refractivity contribution in [3.63, 3.8) is 0 Å². The van der Waals surface area contributed by atoms with Gasteiger partial charge in [-0.25, -0.2) is 9.97 Å². The lowest BCUT2D eigenvalue weighted by molar-refractivity contribution is 0.0593. The summed E-state index contributed by atoms with van der Waals surface area (Å²) in [4.78, 5) is 30.0. The first kappa shape index (κ1) is 17.9. The molecule has 0 saturated carbocycles. The van der Waals surface area contributed by atoms with Gasteiger partial charge in [0.25, 0.3) is 5.91 Å². The van der Waals surface area contributed by atoms with Gasteiger partial charge in [-0.1, -0.05) is 6.07 Å². The molecule has 0 radical (unpaired) electrons. The van der Waals surface area contributed by atoms with Crippen LogP contribution in [0.3, 0.4) is 0 Å². The van der Waals surface area contributed by atoms with Crippen LogP contribution in [0, 0.1) is 5.41 Å². The summed E-state index contributed by atoms with van der Waals surface area (Å²) in [6.07, 6.45) is 8.24. The number of rotatable bonds is 4. The maximum Gasteiger partial charge on any atom is 0.272 e. The van der Waals surface area contributed by atoms with Gasteiger partial charge >= 0.3 is 0 Å². The number of hydrogen-bond donors (Lipinski definition) is 0. The summed E-state index contributed by atoms with van der Waals surface area (Å²) in [7, 11) is 1.74. The fourth-order valence-electron chi connectivity index (χ4n) is 4.38. The first-order valence-electron chi connectivity index (χ1n) is 9.44. The molecule has 2 saturated heterocycles. The van der Waals surface area contributed by atoms with E-state index in [1.54, 1.807) is 31.8 Å². The van der Waals surface area contributed by atoms with Gasteiger partial charge in [0, 0.05) is 45.3 Å². The maximum absolute atomic E-state index is 12.7. The molecule has 0 aliphatic carbocycles. The Morgan fingerprint density at radius 3 is 2.56 bits per heavy atom. The lowest BCUT2D eigenvalue weighted by Crippen LogP contribution is -2.44. The van der Waals surface area contributed by atoms with Crippen LogP contribution in [0.15, 0.2) is 42.9 Å². The highest BCUT2D eigenvalue weighted by Gasteiger charge is 2.46. The molecule has 1 spiro atoms. The quantitative estimate of drug-likeness (QED) is 0.823. The smallest absolute Gasteiger partial charge is 0.272 e. The molecule has 142 valence electrons. The van der Waals surface area contributed by atoms with Crippen molar-refractivity contribution in [2.24, 2.45) is 5.41 Å². The highest BCUT2D eigenvalue weighted by Crippen LogP contribution is 2.44. The monoisotopic (exact) mass is 367 g/mol. The van der Waals surface area contributed by atoms with Gasteiger partial charge in [0.1, 0.15) is 5.69 Å². The highest BCUT2D eigenvalue weighted by molar-refractivity contribution is 5.92. The number of methoxy groups -OCH3 is 1. The number of carbonyl (C=O) groups is 1. The maximum atomic E-state index is 12.7. The van der Waals surface area contributed by atoms with Gasteiger partial charge in [0.15, 0.2) is 0 Å². The number of ether oxygens (including phenoxy) is 1. The number of carbonyl (C=O) groups excluding carboxylic acids is 1. The van der Waals surface area contributed by atoms with Gasteiger partial charge in [0.2, 0.25) is 5.95 Å². The summed E-state index contributed by atoms with van der Waals surface area (Å²) in [5.41, 5.74) is 0.708. The zero-order valence-corrected chi connectivity index (χ0v) is 15.6. The molecule has 0 aromatic carbocycles. The third-order valence-electron chi connectivity index (χ3n) is 5.78. The number of amides is 1. The Morgan fingerprint density at radius 1 is 1.15 bits per heavy atom. The van der Waals surface area contributed by atoms with Crippen molar-refractivity contribution in [2.45, 2.75) is 25.3 Å². The van der Waals surface area contributed by atoms with E-state index in [1.165, 1.54) is 0 Å². The summed E-state index contributed by atoms with van der Waals surface area (Å²) in [6.45, 7) is 3.10. The Bertz CT molecular complexity index is 762. The summed E-state index contributed by atoms with van der Waals surface area (Å²) in [6, 6.07) is 7.58. The SMILES string of the molecule is COCC1CC2(CCN(C(=O)c3ccccn3)CC2)CN1c1ncccn1. The lowest BCUT2D eigenvalue weighted by atomic mass is 9.76. The van der Waals surface area contributed by atoms with Crippen LogP contribution in [0.4, 0.5) is 5.95 Å². The van der Waals surface area contributed by atoms with Gasteiger partial charge in [-0.05, 0) is 42.9 Å². The molecule has 7 heteroatoms. The second-order valence-corrected chi connectivity index (χ2v) is 7.50. The minimum absolute atomic E-state index is 0.0279. The molecule has 0 N–H and O–H groups in total. The minimum atomic E-state index is 0.0279. The molecular formula is C20H25N5O2. The number of nitrogens with zero attached hydrogens (tertiary/aromatic N) is 5. The second kappa shape index (κ2) is 7.60. The molecule has 2 aliphatic heterocycles. The molecule has 0 bridgehead atoms. The third-order valence-corrected chi connectivity index (χ3v) is 5.78. The third kappa shape index (κ3) is 3.64. The summed E-state index contributed by atoms with van der Waals surface area (Å²) in [5, 5.41) is 0. The average Bonchev–Trinajstić information content (AvgIpc) is 3.07. The van der Waals surface area contributed by atoms with Gasteiger partial charge in [-0.3, -0.25) is 9.78 Å². The zero-order chi connectivity index (χ0) is 18.7. The molecule has 1 amide bonds. The molecular weight excluding hydrogens is 342 g/mol. The Hall–Kier alpha value is -2.54. The average molecular weight is 367 g/mol. The molecule has 2 fully saturated rings. The molecule has 1 unspecified atom stereocenters. The number of anilines is 1. The van der Waals surface area contributed by atoms with Gasteiger partial charge in [-0.15, -0.1) is 0 Å². The van der Waals surface area contributed by atoms with Crippen molar-refractivity contribution < 1.29 is 9.53 Å². The molecule has 2 aromatic rings. The Morgan fingerprint density at radius 2 is 1.89 bits per heavy atom. The Labute approximate surface area is 159 Å². The van der Waals surface area contributed by atoms with E-state index in [1.807, 2.05) is 23.1 Å². The van der Waals surface area contributed by atoms with Crippen LogP contribution in [0.25, 0.3) is 0 Å². The standard InChI is InChI=1S/C20H25N5O2/c1-27-14-16-13-20(15-25(16)19-22-9-4-10-23-19)6-11-24(12-7-20)18(26)17-5-2-3-8-21-17/h2-5,8-10,16H,6-7,11-15H2,1H3. The fourth-order valence-corrected chi connectivity index (χ4v) is 4.38. The molecule has 4 heterocycles. The van der Waals surface area contributed by atoms with Crippen LogP contribution < -0.4 is 4.90 Å². The number of piperidine rings is 1. The molecule has 1 atom stereocenters. The van der Waals surface area contributed by atoms with Crippen LogP contribution in [0.2, 0.25) is 0 Å². The van der Waals surface area contributed by atoms with Crippen LogP contribution in [-0.2, 0) is 4.74 Å². The van der Waals surface area contributed by atoms with Crippen molar-refractivity contribution >= 4 is 11.9 Å². The van der Waals surface area contributed by atoms with E-state index in [4.69, 9.17) is 4.74 Å². The van der Waals surface area contributed by atoms with Crippen molar-refractivity contribution in [1.29, 1.82) is 0 Å². The molecule has 27 heavy (non-hydrogen) atoms. The largest absolute Gasteiger partial charge is 0.383 e. The minimum Gasteiger partial charge on any atom is -0.383 e. The van der Waals surface area contributed by atoms with Gasteiger partial charge in [0.05, 0.1) is 12.6 Å². The molecule has 4 rings (SSSR count). The van der Waals surface area contributed by atoms with E-state index in [-0.39, 0.29) is 17.4 Å². The van der Waals surface area contributed by atoms with Crippen molar-refractivity contribution in [2.75, 3.05) is 38.3 Å². The highest BCUT2D eigenvalue weighted by atomic mass is 16.5. The van der Waals surface area contributed by atoms with Gasteiger partial charge in [-0.2, -0.15) is 0 Å². The van der Waals surface area contributed by atoms with E-state index < -0.39 is 0 Å². The Balaban J connectivity index is 1.45. The van der Waals surface area contributed by atoms with E-state index in [2.05, 4.69) is 19.9 Å². The topological polar surface area (TPSA) is 71.5 Å². The molecule has 2 aromatic heterocycles. The number of aromatic nitrogens is 3. The van der Waals surface area contributed by atoms with Crippen LogP contribution in [-0.4, -0.2) is 65.2 Å². The van der Waals surface area contributed by atoms with Crippen LogP contribution in [0.5, 0.6) is 0 Å². The van der Waals surface area contributed by atoms with E-state index >= 15 is 0 Å². The van der Waals surface area contributed by atoms with Crippen molar-refractivity contribution in [3.05, 3.63) is 48.5 Å². The number of pyridine rings is 1. The summed E-state index contributed by atoms with van der Waals surface area (Å²) < 4.78 is 5.46. The van der Waals surface area contributed by atoms with E-state index in [0.717, 1.165) is 44.8 Å². The zero-order valence-electron chi connectivity index (χ0n) is 15.6. The van der Waals surface area contributed by atoms with Crippen molar-refractivity contribution in [3.8, 4) is 0 Å². The van der Waals surface area contributed by atoms with Crippen LogP contribution >= 0.6 is 0 Å². The van der Waals surface area contributed by atoms with E-state index in [9.17, 15) is 4.79 Å². The first-order valence-corrected chi connectivity index (χ1v) is 9.44. The Kier molecular flexibility index (Phi) is 5.03. The fraction of sp³-hybridized carbons (Fsp3) is 0.500. The van der Waals surface area contributed by atoms with Crippen LogP contribution in [0.1, 0.15) is 29.8 Å². The first-order chi connectivity index (χ1) is 13.2. The van der Waals surface area contributed by atoms with Crippen molar-refractivity contribution in [1.82, 2.24) is 19.9 Å².